The van der Waals surface area contributed by atoms with Crippen molar-refractivity contribution in [1.82, 2.24) is 0 Å². The minimum atomic E-state index is -4.44. The number of amides is 1. The fourth-order valence-corrected chi connectivity index (χ4v) is 3.65. The Kier molecular flexibility index (Phi) is 5.61. The van der Waals surface area contributed by atoms with Crippen molar-refractivity contribution in [2.75, 3.05) is 4.90 Å². The lowest BCUT2D eigenvalue weighted by Gasteiger charge is -2.17. The van der Waals surface area contributed by atoms with Gasteiger partial charge in [-0.05, 0) is 59.2 Å². The van der Waals surface area contributed by atoms with Crippen LogP contribution in [0.2, 0.25) is 0 Å². The minimum Gasteiger partial charge on any atom is -0.489 e. The smallest absolute Gasteiger partial charge is 0.416 e. The Morgan fingerprint density at radius 3 is 2.44 bits per heavy atom. The van der Waals surface area contributed by atoms with Crippen molar-refractivity contribution in [2.24, 2.45) is 0 Å². The number of fused-ring (bicyclic) bond motifs is 1. The van der Waals surface area contributed by atoms with Gasteiger partial charge in [-0.25, -0.2) is 0 Å². The molecule has 8 heteroatoms. The van der Waals surface area contributed by atoms with Crippen LogP contribution in [0.4, 0.5) is 18.9 Å². The Balaban J connectivity index is 1.52. The SMILES string of the molecule is O=C(O)Cc1cccc(OCc2cccc3c2CN(c2ccc(C(F)(F)F)cc2)C3=O)c1. The number of carboxylic acid groups (broad SMARTS) is 1. The van der Waals surface area contributed by atoms with E-state index in [1.54, 1.807) is 36.4 Å². The highest BCUT2D eigenvalue weighted by Gasteiger charge is 2.33. The van der Waals surface area contributed by atoms with Gasteiger partial charge in [0.2, 0.25) is 0 Å². The first-order valence-corrected chi connectivity index (χ1v) is 9.76. The van der Waals surface area contributed by atoms with Crippen LogP contribution >= 0.6 is 0 Å². The van der Waals surface area contributed by atoms with Crippen LogP contribution in [-0.4, -0.2) is 17.0 Å². The average Bonchev–Trinajstić information content (AvgIpc) is 3.09. The largest absolute Gasteiger partial charge is 0.489 e. The number of aliphatic carboxylic acids is 1. The highest BCUT2D eigenvalue weighted by molar-refractivity contribution is 6.10. The first-order valence-electron chi connectivity index (χ1n) is 9.76. The van der Waals surface area contributed by atoms with E-state index in [-0.39, 0.29) is 25.5 Å². The summed E-state index contributed by atoms with van der Waals surface area (Å²) in [5.41, 5.74) is 2.22. The third kappa shape index (κ3) is 4.44. The van der Waals surface area contributed by atoms with E-state index in [1.165, 1.54) is 17.0 Å². The predicted molar refractivity (Wildman–Crippen MR) is 111 cm³/mol. The van der Waals surface area contributed by atoms with E-state index in [2.05, 4.69) is 0 Å². The molecule has 164 valence electrons. The van der Waals surface area contributed by atoms with Gasteiger partial charge in [-0.1, -0.05) is 24.3 Å². The van der Waals surface area contributed by atoms with E-state index in [1.807, 2.05) is 6.07 Å². The lowest BCUT2D eigenvalue weighted by molar-refractivity contribution is -0.138. The predicted octanol–water partition coefficient (Wildman–Crippen LogP) is 5.07. The molecule has 3 aromatic carbocycles. The lowest BCUT2D eigenvalue weighted by atomic mass is 10.0. The summed E-state index contributed by atoms with van der Waals surface area (Å²) in [5.74, 6) is -0.722. The first-order chi connectivity index (χ1) is 15.2. The highest BCUT2D eigenvalue weighted by Crippen LogP contribution is 2.34. The van der Waals surface area contributed by atoms with E-state index < -0.39 is 17.7 Å². The summed E-state index contributed by atoms with van der Waals surface area (Å²) in [6.07, 6.45) is -4.56. The van der Waals surface area contributed by atoms with Crippen molar-refractivity contribution in [1.29, 1.82) is 0 Å². The van der Waals surface area contributed by atoms with Crippen molar-refractivity contribution >= 4 is 17.6 Å². The fraction of sp³-hybridized carbons (Fsp3) is 0.167. The van der Waals surface area contributed by atoms with Gasteiger partial charge < -0.3 is 14.7 Å². The second kappa shape index (κ2) is 8.37. The maximum absolute atomic E-state index is 12.9. The van der Waals surface area contributed by atoms with E-state index >= 15 is 0 Å². The van der Waals surface area contributed by atoms with Crippen LogP contribution in [0.3, 0.4) is 0 Å². The minimum absolute atomic E-state index is 0.117. The number of benzene rings is 3. The van der Waals surface area contributed by atoms with Crippen molar-refractivity contribution in [3.8, 4) is 5.75 Å². The molecule has 1 N–H and O–H groups in total. The summed E-state index contributed by atoms with van der Waals surface area (Å²) >= 11 is 0. The van der Waals surface area contributed by atoms with Crippen LogP contribution in [0.5, 0.6) is 5.75 Å². The standard InChI is InChI=1S/C24H18F3NO4/c25-24(26,27)17-7-9-18(10-8-17)28-13-21-16(4-2-6-20(21)23(28)31)14-32-19-5-1-3-15(11-19)12-22(29)30/h1-11H,12-14H2,(H,29,30). The Bertz CT molecular complexity index is 1170. The summed E-state index contributed by atoms with van der Waals surface area (Å²) in [7, 11) is 0. The summed E-state index contributed by atoms with van der Waals surface area (Å²) in [5, 5.41) is 8.94. The van der Waals surface area contributed by atoms with Crippen LogP contribution in [0.25, 0.3) is 0 Å². The van der Waals surface area contributed by atoms with Crippen molar-refractivity contribution in [3.05, 3.63) is 94.5 Å². The second-order valence-electron chi connectivity index (χ2n) is 7.39. The molecule has 3 aromatic rings. The van der Waals surface area contributed by atoms with E-state index in [0.717, 1.165) is 23.3 Å². The van der Waals surface area contributed by atoms with Gasteiger partial charge in [-0.15, -0.1) is 0 Å². The molecule has 1 heterocycles. The maximum Gasteiger partial charge on any atom is 0.416 e. The van der Waals surface area contributed by atoms with Gasteiger partial charge in [0.15, 0.2) is 0 Å². The molecule has 0 saturated carbocycles. The van der Waals surface area contributed by atoms with Gasteiger partial charge in [0.05, 0.1) is 18.5 Å². The quantitative estimate of drug-likeness (QED) is 0.580. The number of alkyl halides is 3. The molecule has 4 rings (SSSR count). The molecule has 5 nitrogen and oxygen atoms in total. The van der Waals surface area contributed by atoms with Gasteiger partial charge in [-0.2, -0.15) is 13.2 Å². The number of ether oxygens (including phenoxy) is 1. The van der Waals surface area contributed by atoms with Gasteiger partial charge in [0.25, 0.3) is 5.91 Å². The van der Waals surface area contributed by atoms with E-state index in [4.69, 9.17) is 9.84 Å². The van der Waals surface area contributed by atoms with Gasteiger partial charge >= 0.3 is 12.1 Å². The summed E-state index contributed by atoms with van der Waals surface area (Å²) in [6.45, 7) is 0.381. The third-order valence-electron chi connectivity index (χ3n) is 5.22. The number of carbonyl (C=O) groups is 2. The van der Waals surface area contributed by atoms with Crippen molar-refractivity contribution in [2.45, 2.75) is 25.7 Å². The molecule has 0 radical (unpaired) electrons. The molecule has 0 atom stereocenters. The molecule has 0 bridgehead atoms. The molecule has 1 amide bonds. The average molecular weight is 441 g/mol. The van der Waals surface area contributed by atoms with Crippen LogP contribution in [-0.2, 0) is 30.5 Å². The van der Waals surface area contributed by atoms with Crippen LogP contribution in [0.1, 0.15) is 32.6 Å². The second-order valence-corrected chi connectivity index (χ2v) is 7.39. The van der Waals surface area contributed by atoms with E-state index in [0.29, 0.717) is 22.6 Å². The maximum atomic E-state index is 12.9. The summed E-state index contributed by atoms with van der Waals surface area (Å²) < 4.78 is 44.3. The zero-order chi connectivity index (χ0) is 22.9. The monoisotopic (exact) mass is 441 g/mol. The van der Waals surface area contributed by atoms with Crippen molar-refractivity contribution in [3.63, 3.8) is 0 Å². The Hall–Kier alpha value is -3.81. The van der Waals surface area contributed by atoms with Crippen LogP contribution in [0, 0.1) is 0 Å². The number of anilines is 1. The van der Waals surface area contributed by atoms with E-state index in [9.17, 15) is 22.8 Å². The zero-order valence-corrected chi connectivity index (χ0v) is 16.7. The number of nitrogens with zero attached hydrogens (tertiary/aromatic N) is 1. The molecule has 0 spiro atoms. The van der Waals surface area contributed by atoms with Crippen LogP contribution < -0.4 is 9.64 Å². The topological polar surface area (TPSA) is 66.8 Å². The number of carbonyl (C=O) groups excluding carboxylic acids is 1. The Labute approximate surface area is 181 Å². The van der Waals surface area contributed by atoms with Crippen LogP contribution in [0.15, 0.2) is 66.7 Å². The number of hydrogen-bond donors (Lipinski definition) is 1. The molecule has 0 saturated heterocycles. The third-order valence-corrected chi connectivity index (χ3v) is 5.22. The number of carboxylic acids is 1. The molecule has 1 aliphatic heterocycles. The van der Waals surface area contributed by atoms with Crippen molar-refractivity contribution < 1.29 is 32.6 Å². The first kappa shape index (κ1) is 21.4. The molecular weight excluding hydrogens is 423 g/mol. The number of hydrogen-bond acceptors (Lipinski definition) is 3. The normalized spacial score (nSPS) is 13.2. The highest BCUT2D eigenvalue weighted by atomic mass is 19.4. The van der Waals surface area contributed by atoms with Gasteiger partial charge in [0.1, 0.15) is 12.4 Å². The lowest BCUT2D eigenvalue weighted by Crippen LogP contribution is -2.23. The zero-order valence-electron chi connectivity index (χ0n) is 16.7. The van der Waals surface area contributed by atoms with Gasteiger partial charge in [-0.3, -0.25) is 9.59 Å². The number of rotatable bonds is 6. The van der Waals surface area contributed by atoms with Gasteiger partial charge in [0, 0.05) is 11.3 Å². The Morgan fingerprint density at radius 2 is 1.75 bits per heavy atom. The molecule has 0 fully saturated rings. The molecule has 1 aliphatic rings. The molecule has 0 aliphatic carbocycles. The molecule has 0 unspecified atom stereocenters. The summed E-state index contributed by atoms with van der Waals surface area (Å²) in [6, 6.07) is 16.5. The molecular formula is C24H18F3NO4. The fourth-order valence-electron chi connectivity index (χ4n) is 3.65. The molecule has 0 aromatic heterocycles. The summed E-state index contributed by atoms with van der Waals surface area (Å²) in [4.78, 5) is 25.2. The number of halogens is 3. The Morgan fingerprint density at radius 1 is 1.03 bits per heavy atom. The molecule has 32 heavy (non-hydrogen) atoms.